The first-order valence-corrected chi connectivity index (χ1v) is 5.67. The minimum atomic E-state index is 1.08. The van der Waals surface area contributed by atoms with E-state index in [1.165, 1.54) is 37.7 Å². The zero-order valence-corrected chi connectivity index (χ0v) is 8.65. The van der Waals surface area contributed by atoms with Crippen molar-refractivity contribution in [3.05, 3.63) is 42.0 Å². The molecule has 1 aliphatic rings. The molecule has 1 aliphatic carbocycles. The average molecular weight is 186 g/mol. The number of rotatable bonds is 5. The third kappa shape index (κ3) is 3.37. The molecule has 0 atom stereocenters. The van der Waals surface area contributed by atoms with Gasteiger partial charge in [-0.1, -0.05) is 61.7 Å². The van der Waals surface area contributed by atoms with Gasteiger partial charge in [0.15, 0.2) is 0 Å². The first kappa shape index (κ1) is 9.51. The van der Waals surface area contributed by atoms with Crippen LogP contribution in [-0.4, -0.2) is 0 Å². The summed E-state index contributed by atoms with van der Waals surface area (Å²) in [7, 11) is 0. The Kier molecular flexibility index (Phi) is 3.39. The highest BCUT2D eigenvalue weighted by atomic mass is 14.2. The van der Waals surface area contributed by atoms with Gasteiger partial charge in [-0.15, -0.1) is 0 Å². The second kappa shape index (κ2) is 4.99. The molecule has 1 aromatic carbocycles. The summed E-state index contributed by atoms with van der Waals surface area (Å²) in [6, 6.07) is 10.5. The fourth-order valence-electron chi connectivity index (χ4n) is 1.71. The SMILES string of the molecule is C(=Cc1ccccc1)CCCC1CC1. The summed E-state index contributed by atoms with van der Waals surface area (Å²) in [5.74, 6) is 1.08. The van der Waals surface area contributed by atoms with Gasteiger partial charge in [0, 0.05) is 0 Å². The van der Waals surface area contributed by atoms with Gasteiger partial charge < -0.3 is 0 Å². The smallest absolute Gasteiger partial charge is 0.0260 e. The number of unbranched alkanes of at least 4 members (excludes halogenated alkanes) is 1. The molecule has 74 valence electrons. The number of hydrogen-bond donors (Lipinski definition) is 0. The number of allylic oxidation sites excluding steroid dienone is 1. The first-order valence-electron chi connectivity index (χ1n) is 5.67. The van der Waals surface area contributed by atoms with E-state index in [4.69, 9.17) is 0 Å². The molecule has 0 bridgehead atoms. The van der Waals surface area contributed by atoms with Crippen molar-refractivity contribution in [1.82, 2.24) is 0 Å². The Morgan fingerprint density at radius 3 is 2.64 bits per heavy atom. The van der Waals surface area contributed by atoms with E-state index in [0.717, 1.165) is 5.92 Å². The van der Waals surface area contributed by atoms with E-state index in [-0.39, 0.29) is 0 Å². The molecule has 0 amide bonds. The molecule has 0 unspecified atom stereocenters. The lowest BCUT2D eigenvalue weighted by Crippen LogP contribution is -1.75. The van der Waals surface area contributed by atoms with Crippen LogP contribution in [-0.2, 0) is 0 Å². The second-order valence-electron chi connectivity index (χ2n) is 4.19. The Morgan fingerprint density at radius 2 is 1.93 bits per heavy atom. The van der Waals surface area contributed by atoms with Crippen LogP contribution in [0.1, 0.15) is 37.7 Å². The number of hydrogen-bond acceptors (Lipinski definition) is 0. The highest BCUT2D eigenvalue weighted by Gasteiger charge is 2.19. The average Bonchev–Trinajstić information content (AvgIpc) is 3.03. The van der Waals surface area contributed by atoms with E-state index >= 15 is 0 Å². The molecule has 0 N–H and O–H groups in total. The van der Waals surface area contributed by atoms with Crippen LogP contribution >= 0.6 is 0 Å². The molecule has 0 saturated heterocycles. The van der Waals surface area contributed by atoms with E-state index in [0.29, 0.717) is 0 Å². The normalized spacial score (nSPS) is 16.3. The van der Waals surface area contributed by atoms with Gasteiger partial charge in [0.2, 0.25) is 0 Å². The molecule has 0 aliphatic heterocycles. The third-order valence-electron chi connectivity index (χ3n) is 2.79. The summed E-state index contributed by atoms with van der Waals surface area (Å²) in [5, 5.41) is 0. The summed E-state index contributed by atoms with van der Waals surface area (Å²) < 4.78 is 0. The quantitative estimate of drug-likeness (QED) is 0.602. The summed E-state index contributed by atoms with van der Waals surface area (Å²) in [4.78, 5) is 0. The van der Waals surface area contributed by atoms with Crippen molar-refractivity contribution in [1.29, 1.82) is 0 Å². The molecule has 2 rings (SSSR count). The topological polar surface area (TPSA) is 0 Å². The Bertz CT molecular complexity index is 280. The van der Waals surface area contributed by atoms with E-state index in [2.05, 4.69) is 42.5 Å². The second-order valence-corrected chi connectivity index (χ2v) is 4.19. The molecule has 0 aromatic heterocycles. The predicted molar refractivity (Wildman–Crippen MR) is 62.1 cm³/mol. The molecule has 1 saturated carbocycles. The van der Waals surface area contributed by atoms with E-state index in [1.807, 2.05) is 0 Å². The molecule has 0 heterocycles. The Balaban J connectivity index is 1.66. The monoisotopic (exact) mass is 186 g/mol. The van der Waals surface area contributed by atoms with Crippen LogP contribution in [0.3, 0.4) is 0 Å². The molecule has 0 radical (unpaired) electrons. The van der Waals surface area contributed by atoms with Crippen molar-refractivity contribution in [2.75, 3.05) is 0 Å². The first-order chi connectivity index (χ1) is 6.95. The van der Waals surface area contributed by atoms with Gasteiger partial charge in [0.1, 0.15) is 0 Å². The van der Waals surface area contributed by atoms with Gasteiger partial charge in [0.25, 0.3) is 0 Å². The van der Waals surface area contributed by atoms with Crippen molar-refractivity contribution in [3.8, 4) is 0 Å². The Hall–Kier alpha value is -1.04. The maximum atomic E-state index is 2.30. The van der Waals surface area contributed by atoms with Crippen LogP contribution in [0.2, 0.25) is 0 Å². The number of benzene rings is 1. The van der Waals surface area contributed by atoms with Gasteiger partial charge in [0.05, 0.1) is 0 Å². The summed E-state index contributed by atoms with van der Waals surface area (Å²) >= 11 is 0. The van der Waals surface area contributed by atoms with Crippen molar-refractivity contribution >= 4 is 6.08 Å². The van der Waals surface area contributed by atoms with Crippen LogP contribution in [0.15, 0.2) is 36.4 Å². The summed E-state index contributed by atoms with van der Waals surface area (Å²) in [6.45, 7) is 0. The predicted octanol–water partition coefficient (Wildman–Crippen LogP) is 4.28. The highest BCUT2D eigenvalue weighted by Crippen LogP contribution is 2.33. The molecular weight excluding hydrogens is 168 g/mol. The molecule has 1 aromatic rings. The standard InChI is InChI=1S/C14H18/c1-3-7-13(8-4-1)9-5-2-6-10-14-11-12-14/h1,3-5,7-9,14H,2,6,10-12H2. The van der Waals surface area contributed by atoms with Crippen molar-refractivity contribution in [2.45, 2.75) is 32.1 Å². The molecular formula is C14H18. The van der Waals surface area contributed by atoms with Gasteiger partial charge in [-0.3, -0.25) is 0 Å². The van der Waals surface area contributed by atoms with Gasteiger partial charge in [-0.05, 0) is 24.3 Å². The van der Waals surface area contributed by atoms with E-state index in [9.17, 15) is 0 Å². The maximum absolute atomic E-state index is 2.30. The molecule has 0 spiro atoms. The molecule has 14 heavy (non-hydrogen) atoms. The van der Waals surface area contributed by atoms with Crippen molar-refractivity contribution < 1.29 is 0 Å². The van der Waals surface area contributed by atoms with Crippen LogP contribution in [0.5, 0.6) is 0 Å². The lowest BCUT2D eigenvalue weighted by molar-refractivity contribution is 0.676. The van der Waals surface area contributed by atoms with Gasteiger partial charge in [-0.25, -0.2) is 0 Å². The lowest BCUT2D eigenvalue weighted by atomic mass is 10.1. The molecule has 0 nitrogen and oxygen atoms in total. The summed E-state index contributed by atoms with van der Waals surface area (Å²) in [6.07, 6.45) is 11.6. The summed E-state index contributed by atoms with van der Waals surface area (Å²) in [5.41, 5.74) is 1.32. The van der Waals surface area contributed by atoms with E-state index < -0.39 is 0 Å². The lowest BCUT2D eigenvalue weighted by Gasteiger charge is -1.94. The fourth-order valence-corrected chi connectivity index (χ4v) is 1.71. The van der Waals surface area contributed by atoms with Crippen molar-refractivity contribution in [3.63, 3.8) is 0 Å². The van der Waals surface area contributed by atoms with Crippen LogP contribution in [0.25, 0.3) is 6.08 Å². The van der Waals surface area contributed by atoms with Crippen LogP contribution in [0, 0.1) is 5.92 Å². The largest absolute Gasteiger partial charge is 0.0839 e. The minimum absolute atomic E-state index is 1.08. The zero-order chi connectivity index (χ0) is 9.64. The van der Waals surface area contributed by atoms with Gasteiger partial charge in [-0.2, -0.15) is 0 Å². The van der Waals surface area contributed by atoms with Crippen LogP contribution in [0.4, 0.5) is 0 Å². The zero-order valence-electron chi connectivity index (χ0n) is 8.65. The van der Waals surface area contributed by atoms with Crippen LogP contribution < -0.4 is 0 Å². The van der Waals surface area contributed by atoms with Crippen molar-refractivity contribution in [2.24, 2.45) is 5.92 Å². The Morgan fingerprint density at radius 1 is 1.14 bits per heavy atom. The molecule has 1 fully saturated rings. The Labute approximate surface area is 86.7 Å². The van der Waals surface area contributed by atoms with E-state index in [1.54, 1.807) is 0 Å². The van der Waals surface area contributed by atoms with Gasteiger partial charge >= 0.3 is 0 Å². The molecule has 0 heteroatoms. The highest BCUT2D eigenvalue weighted by molar-refractivity contribution is 5.48. The maximum Gasteiger partial charge on any atom is -0.0260 e. The third-order valence-corrected chi connectivity index (χ3v) is 2.79. The minimum Gasteiger partial charge on any atom is -0.0839 e. The fraction of sp³-hybridized carbons (Fsp3) is 0.429.